The van der Waals surface area contributed by atoms with E-state index < -0.39 is 34.8 Å². The second-order valence-electron chi connectivity index (χ2n) is 8.34. The largest absolute Gasteiger partial charge is 0.478 e. The second-order valence-corrected chi connectivity index (χ2v) is 8.34. The Morgan fingerprint density at radius 2 is 1.62 bits per heavy atom. The van der Waals surface area contributed by atoms with Crippen molar-refractivity contribution in [2.75, 3.05) is 13.1 Å². The van der Waals surface area contributed by atoms with Crippen molar-refractivity contribution < 1.29 is 37.7 Å². The fraction of sp³-hybridized carbons (Fsp3) is 0.391. The molecule has 2 aromatic carbocycles. The molecular weight excluding hydrogens is 427 g/mol. The molecule has 0 aromatic heterocycles. The molecule has 1 aliphatic heterocycles. The number of hydrogen-bond acceptors (Lipinski definition) is 4. The zero-order chi connectivity index (χ0) is 23.7. The maximum atomic E-state index is 12.7. The first-order valence-electron chi connectivity index (χ1n) is 10.0. The number of likely N-dealkylation sites (tertiary alicyclic amines) is 1. The molecule has 0 unspecified atom stereocenters. The normalized spacial score (nSPS) is 16.5. The molecule has 2 N–H and O–H groups in total. The zero-order valence-corrected chi connectivity index (χ0v) is 17.6. The highest BCUT2D eigenvalue weighted by Gasteiger charge is 2.37. The molecule has 0 aliphatic carbocycles. The van der Waals surface area contributed by atoms with Gasteiger partial charge in [0.05, 0.1) is 11.2 Å². The van der Waals surface area contributed by atoms with Crippen LogP contribution < -0.4 is 4.74 Å². The van der Waals surface area contributed by atoms with E-state index in [1.165, 1.54) is 18.7 Å². The molecule has 172 valence electrons. The third kappa shape index (κ3) is 5.04. The molecule has 1 amide bonds. The predicted octanol–water partition coefficient (Wildman–Crippen LogP) is 4.07. The zero-order valence-electron chi connectivity index (χ0n) is 17.6. The number of alkyl halides is 3. The highest BCUT2D eigenvalue weighted by atomic mass is 19.4. The second kappa shape index (κ2) is 8.46. The Morgan fingerprint density at radius 1 is 1.03 bits per heavy atom. The lowest BCUT2D eigenvalue weighted by Gasteiger charge is -2.38. The van der Waals surface area contributed by atoms with Crippen molar-refractivity contribution in [2.24, 2.45) is 0 Å². The average molecular weight is 451 g/mol. The summed E-state index contributed by atoms with van der Waals surface area (Å²) in [6, 6.07) is 10.6. The van der Waals surface area contributed by atoms with E-state index in [0.29, 0.717) is 11.3 Å². The van der Waals surface area contributed by atoms with Crippen LogP contribution in [0.2, 0.25) is 0 Å². The van der Waals surface area contributed by atoms with Crippen molar-refractivity contribution in [2.45, 2.75) is 44.1 Å². The van der Waals surface area contributed by atoms with Gasteiger partial charge in [0, 0.05) is 18.7 Å². The number of carbonyl (C=O) groups is 2. The van der Waals surface area contributed by atoms with Crippen LogP contribution in [0.3, 0.4) is 0 Å². The number of ether oxygens (including phenoxy) is 1. The molecule has 0 saturated carbocycles. The fourth-order valence-electron chi connectivity index (χ4n) is 3.54. The number of aliphatic hydroxyl groups is 1. The van der Waals surface area contributed by atoms with E-state index >= 15 is 0 Å². The summed E-state index contributed by atoms with van der Waals surface area (Å²) in [5.41, 5.74) is -2.83. The summed E-state index contributed by atoms with van der Waals surface area (Å²) in [7, 11) is 0. The van der Waals surface area contributed by atoms with E-state index in [-0.39, 0.29) is 31.5 Å². The number of rotatable bonds is 5. The maximum absolute atomic E-state index is 12.7. The van der Waals surface area contributed by atoms with E-state index in [1.807, 2.05) is 0 Å². The van der Waals surface area contributed by atoms with Crippen LogP contribution in [0.1, 0.15) is 48.2 Å². The summed E-state index contributed by atoms with van der Waals surface area (Å²) < 4.78 is 43.7. The summed E-state index contributed by atoms with van der Waals surface area (Å²) in [4.78, 5) is 25.5. The van der Waals surface area contributed by atoms with Crippen LogP contribution in [-0.2, 0) is 16.6 Å². The Labute approximate surface area is 183 Å². The molecule has 1 aliphatic rings. The first-order chi connectivity index (χ1) is 14.8. The van der Waals surface area contributed by atoms with Gasteiger partial charge < -0.3 is 19.8 Å². The molecule has 0 radical (unpaired) electrons. The van der Waals surface area contributed by atoms with Crippen LogP contribution in [0.5, 0.6) is 5.75 Å². The van der Waals surface area contributed by atoms with Crippen molar-refractivity contribution in [3.63, 3.8) is 0 Å². The minimum atomic E-state index is -4.47. The van der Waals surface area contributed by atoms with Gasteiger partial charge in [-0.15, -0.1) is 0 Å². The first-order valence-corrected chi connectivity index (χ1v) is 10.0. The lowest BCUT2D eigenvalue weighted by Crippen LogP contribution is -2.45. The van der Waals surface area contributed by atoms with Gasteiger partial charge >= 0.3 is 12.1 Å². The Hall–Kier alpha value is -3.07. The number of amides is 1. The molecule has 32 heavy (non-hydrogen) atoms. The molecule has 0 bridgehead atoms. The van der Waals surface area contributed by atoms with Crippen LogP contribution in [0.25, 0.3) is 0 Å². The number of halogens is 3. The van der Waals surface area contributed by atoms with Gasteiger partial charge in [0.15, 0.2) is 5.60 Å². The number of benzene rings is 2. The van der Waals surface area contributed by atoms with Gasteiger partial charge in [-0.1, -0.05) is 12.1 Å². The van der Waals surface area contributed by atoms with Crippen LogP contribution in [-0.4, -0.2) is 45.7 Å². The minimum absolute atomic E-state index is 0.148. The van der Waals surface area contributed by atoms with Crippen molar-refractivity contribution in [3.05, 3.63) is 65.2 Å². The summed E-state index contributed by atoms with van der Waals surface area (Å²) in [6.07, 6.45) is -4.04. The lowest BCUT2D eigenvalue weighted by molar-refractivity contribution is -0.152. The maximum Gasteiger partial charge on any atom is 0.416 e. The number of carbonyl (C=O) groups excluding carboxylic acids is 1. The molecule has 3 rings (SSSR count). The van der Waals surface area contributed by atoms with E-state index in [4.69, 9.17) is 4.74 Å². The topological polar surface area (TPSA) is 87.1 Å². The van der Waals surface area contributed by atoms with Gasteiger partial charge in [-0.3, -0.25) is 4.79 Å². The summed E-state index contributed by atoms with van der Waals surface area (Å²) in [5, 5.41) is 20.4. The van der Waals surface area contributed by atoms with Gasteiger partial charge in [0.1, 0.15) is 5.75 Å². The van der Waals surface area contributed by atoms with Crippen LogP contribution in [0, 0.1) is 0 Å². The molecule has 6 nitrogen and oxygen atoms in total. The fourth-order valence-corrected chi connectivity index (χ4v) is 3.54. The SMILES string of the molecule is CC(C)(Oc1cccc(C2(O)CCN(C(=O)c3ccc(C(F)(F)F)cc3)CC2)c1)C(=O)O. The third-order valence-corrected chi connectivity index (χ3v) is 5.60. The predicted molar refractivity (Wildman–Crippen MR) is 109 cm³/mol. The molecule has 1 fully saturated rings. The van der Waals surface area contributed by atoms with E-state index in [1.54, 1.807) is 24.3 Å². The van der Waals surface area contributed by atoms with Gasteiger partial charge in [-0.05, 0) is 68.7 Å². The monoisotopic (exact) mass is 451 g/mol. The molecular formula is C23H24F3NO5. The number of hydrogen-bond donors (Lipinski definition) is 2. The highest BCUT2D eigenvalue weighted by Crippen LogP contribution is 2.36. The van der Waals surface area contributed by atoms with Crippen molar-refractivity contribution in [3.8, 4) is 5.75 Å². The minimum Gasteiger partial charge on any atom is -0.478 e. The van der Waals surface area contributed by atoms with Crippen LogP contribution >= 0.6 is 0 Å². The molecule has 1 saturated heterocycles. The van der Waals surface area contributed by atoms with Gasteiger partial charge in [0.25, 0.3) is 5.91 Å². The van der Waals surface area contributed by atoms with E-state index in [9.17, 15) is 33.0 Å². The summed E-state index contributed by atoms with van der Waals surface area (Å²) >= 11 is 0. The molecule has 9 heteroatoms. The number of piperidine rings is 1. The first kappa shape index (κ1) is 23.6. The average Bonchev–Trinajstić information content (AvgIpc) is 2.73. The Balaban J connectivity index is 1.68. The molecule has 1 heterocycles. The highest BCUT2D eigenvalue weighted by molar-refractivity contribution is 5.94. The van der Waals surface area contributed by atoms with Crippen molar-refractivity contribution in [1.29, 1.82) is 0 Å². The number of nitrogens with zero attached hydrogens (tertiary/aromatic N) is 1. The summed E-state index contributed by atoms with van der Waals surface area (Å²) in [6.45, 7) is 3.26. The number of carboxylic acid groups (broad SMARTS) is 1. The molecule has 0 spiro atoms. The molecule has 2 aromatic rings. The van der Waals surface area contributed by atoms with Crippen LogP contribution in [0.4, 0.5) is 13.2 Å². The Bertz CT molecular complexity index is 993. The quantitative estimate of drug-likeness (QED) is 0.716. The Kier molecular flexibility index (Phi) is 6.24. The summed E-state index contributed by atoms with van der Waals surface area (Å²) in [5.74, 6) is -1.23. The standard InChI is InChI=1S/C23H24F3NO5/c1-21(2,20(29)30)32-18-5-3-4-17(14-18)22(31)10-12-27(13-11-22)19(28)15-6-8-16(9-7-15)23(24,25)26/h3-9,14,31H,10-13H2,1-2H3,(H,29,30). The van der Waals surface area contributed by atoms with E-state index in [0.717, 1.165) is 24.3 Å². The van der Waals surface area contributed by atoms with E-state index in [2.05, 4.69) is 0 Å². The third-order valence-electron chi connectivity index (χ3n) is 5.60. The van der Waals surface area contributed by atoms with Gasteiger partial charge in [-0.2, -0.15) is 13.2 Å². The lowest BCUT2D eigenvalue weighted by atomic mass is 9.84. The van der Waals surface area contributed by atoms with Gasteiger partial charge in [0.2, 0.25) is 0 Å². The van der Waals surface area contributed by atoms with Gasteiger partial charge in [-0.25, -0.2) is 4.79 Å². The van der Waals surface area contributed by atoms with Crippen LogP contribution in [0.15, 0.2) is 48.5 Å². The Morgan fingerprint density at radius 3 is 2.16 bits per heavy atom. The molecule has 0 atom stereocenters. The van der Waals surface area contributed by atoms with Crippen molar-refractivity contribution >= 4 is 11.9 Å². The smallest absolute Gasteiger partial charge is 0.416 e. The van der Waals surface area contributed by atoms with Crippen molar-refractivity contribution in [1.82, 2.24) is 4.90 Å². The number of aliphatic carboxylic acids is 1. The number of carboxylic acids is 1.